The van der Waals surface area contributed by atoms with E-state index in [-0.39, 0.29) is 24.2 Å². The molecule has 1 aliphatic heterocycles. The molecule has 142 valence electrons. The number of methoxy groups -OCH3 is 1. The van der Waals surface area contributed by atoms with E-state index in [1.807, 2.05) is 36.4 Å². The number of halogens is 1. The van der Waals surface area contributed by atoms with Gasteiger partial charge in [-0.05, 0) is 35.7 Å². The predicted octanol–water partition coefficient (Wildman–Crippen LogP) is 3.06. The lowest BCUT2D eigenvalue weighted by Crippen LogP contribution is -2.34. The van der Waals surface area contributed by atoms with E-state index in [1.54, 1.807) is 24.1 Å². The second-order valence-corrected chi connectivity index (χ2v) is 7.09. The number of benzene rings is 2. The van der Waals surface area contributed by atoms with E-state index in [4.69, 9.17) is 16.3 Å². The summed E-state index contributed by atoms with van der Waals surface area (Å²) in [5.74, 6) is 0.450. The van der Waals surface area contributed by atoms with Crippen molar-refractivity contribution in [3.8, 4) is 5.75 Å². The number of carbonyl (C=O) groups is 2. The van der Waals surface area contributed by atoms with Gasteiger partial charge in [-0.3, -0.25) is 9.59 Å². The van der Waals surface area contributed by atoms with Gasteiger partial charge in [0.15, 0.2) is 0 Å². The van der Waals surface area contributed by atoms with Crippen LogP contribution < -0.4 is 10.1 Å². The molecule has 0 radical (unpaired) electrons. The van der Waals surface area contributed by atoms with Crippen molar-refractivity contribution in [3.63, 3.8) is 0 Å². The normalized spacial score (nSPS) is 16.4. The van der Waals surface area contributed by atoms with Crippen LogP contribution in [-0.2, 0) is 22.6 Å². The van der Waals surface area contributed by atoms with Crippen LogP contribution in [0.2, 0.25) is 5.02 Å². The van der Waals surface area contributed by atoms with Gasteiger partial charge < -0.3 is 15.0 Å². The second kappa shape index (κ2) is 8.91. The Hall–Kier alpha value is -2.53. The summed E-state index contributed by atoms with van der Waals surface area (Å²) in [5, 5.41) is 3.61. The number of carbonyl (C=O) groups excluding carboxylic acids is 2. The molecule has 0 bridgehead atoms. The largest absolute Gasteiger partial charge is 0.496 e. The number of hydrogen-bond donors (Lipinski definition) is 1. The Morgan fingerprint density at radius 2 is 1.96 bits per heavy atom. The summed E-state index contributed by atoms with van der Waals surface area (Å²) in [7, 11) is 1.64. The summed E-state index contributed by atoms with van der Waals surface area (Å²) in [4.78, 5) is 26.4. The molecule has 0 aromatic heterocycles. The van der Waals surface area contributed by atoms with E-state index in [0.717, 1.165) is 16.9 Å². The van der Waals surface area contributed by atoms with Crippen molar-refractivity contribution < 1.29 is 14.3 Å². The third kappa shape index (κ3) is 5.01. The standard InChI is InChI=1S/C21H23ClN2O3/c1-27-19-5-3-2-4-16(19)10-11-23-21(26)17-12-20(25)24(14-17)13-15-6-8-18(22)9-7-15/h2-9,17H,10-14H2,1H3,(H,23,26). The lowest BCUT2D eigenvalue weighted by atomic mass is 10.1. The molecule has 1 aliphatic rings. The zero-order chi connectivity index (χ0) is 19.2. The van der Waals surface area contributed by atoms with Crippen LogP contribution in [0.1, 0.15) is 17.5 Å². The molecule has 1 heterocycles. The summed E-state index contributed by atoms with van der Waals surface area (Å²) >= 11 is 5.89. The molecule has 2 aromatic rings. The molecule has 6 heteroatoms. The Kier molecular flexibility index (Phi) is 6.35. The number of nitrogens with one attached hydrogen (secondary N) is 1. The van der Waals surface area contributed by atoms with Gasteiger partial charge >= 0.3 is 0 Å². The third-order valence-corrected chi connectivity index (χ3v) is 5.01. The fourth-order valence-corrected chi connectivity index (χ4v) is 3.41. The van der Waals surface area contributed by atoms with E-state index in [9.17, 15) is 9.59 Å². The molecule has 0 aliphatic carbocycles. The molecular weight excluding hydrogens is 364 g/mol. The van der Waals surface area contributed by atoms with Gasteiger partial charge in [0.25, 0.3) is 0 Å². The van der Waals surface area contributed by atoms with Gasteiger partial charge in [0.05, 0.1) is 13.0 Å². The fraction of sp³-hybridized carbons (Fsp3) is 0.333. The molecule has 3 rings (SSSR count). The molecule has 1 fully saturated rings. The summed E-state index contributed by atoms with van der Waals surface area (Å²) < 4.78 is 5.32. The third-order valence-electron chi connectivity index (χ3n) is 4.76. The molecule has 5 nitrogen and oxygen atoms in total. The predicted molar refractivity (Wildman–Crippen MR) is 105 cm³/mol. The second-order valence-electron chi connectivity index (χ2n) is 6.65. The van der Waals surface area contributed by atoms with Crippen molar-refractivity contribution in [2.45, 2.75) is 19.4 Å². The minimum absolute atomic E-state index is 0.00910. The highest BCUT2D eigenvalue weighted by Gasteiger charge is 2.34. The molecule has 2 amide bonds. The Bertz CT molecular complexity index is 807. The first-order valence-corrected chi connectivity index (χ1v) is 9.36. The van der Waals surface area contributed by atoms with E-state index < -0.39 is 0 Å². The monoisotopic (exact) mass is 386 g/mol. The highest BCUT2D eigenvalue weighted by Crippen LogP contribution is 2.21. The van der Waals surface area contributed by atoms with Crippen molar-refractivity contribution in [1.82, 2.24) is 10.2 Å². The smallest absolute Gasteiger partial charge is 0.225 e. The van der Waals surface area contributed by atoms with E-state index in [1.165, 1.54) is 0 Å². The van der Waals surface area contributed by atoms with Crippen LogP contribution in [0.15, 0.2) is 48.5 Å². The van der Waals surface area contributed by atoms with Crippen molar-refractivity contribution in [3.05, 3.63) is 64.7 Å². The molecular formula is C21H23ClN2O3. The summed E-state index contributed by atoms with van der Waals surface area (Å²) in [6.07, 6.45) is 0.943. The number of likely N-dealkylation sites (tertiary alicyclic amines) is 1. The number of rotatable bonds is 7. The zero-order valence-electron chi connectivity index (χ0n) is 15.3. The first kappa shape index (κ1) is 19.2. The van der Waals surface area contributed by atoms with Crippen molar-refractivity contribution >= 4 is 23.4 Å². The highest BCUT2D eigenvalue weighted by molar-refractivity contribution is 6.30. The van der Waals surface area contributed by atoms with Gasteiger partial charge in [0, 0.05) is 31.1 Å². The van der Waals surface area contributed by atoms with Gasteiger partial charge in [-0.25, -0.2) is 0 Å². The van der Waals surface area contributed by atoms with Crippen LogP contribution >= 0.6 is 11.6 Å². The molecule has 1 atom stereocenters. The molecule has 1 N–H and O–H groups in total. The lowest BCUT2D eigenvalue weighted by Gasteiger charge is -2.17. The SMILES string of the molecule is COc1ccccc1CCNC(=O)C1CC(=O)N(Cc2ccc(Cl)cc2)C1. The minimum Gasteiger partial charge on any atom is -0.496 e. The Morgan fingerprint density at radius 3 is 2.70 bits per heavy atom. The molecule has 0 spiro atoms. The molecule has 1 unspecified atom stereocenters. The van der Waals surface area contributed by atoms with Gasteiger partial charge in [-0.1, -0.05) is 41.9 Å². The first-order valence-electron chi connectivity index (χ1n) is 8.98. The number of amides is 2. The van der Waals surface area contributed by atoms with Crippen molar-refractivity contribution in [1.29, 1.82) is 0 Å². The van der Waals surface area contributed by atoms with Crippen LogP contribution in [-0.4, -0.2) is 36.9 Å². The molecule has 2 aromatic carbocycles. The minimum atomic E-state index is -0.303. The van der Waals surface area contributed by atoms with Crippen LogP contribution in [0.25, 0.3) is 0 Å². The number of hydrogen-bond acceptors (Lipinski definition) is 3. The van der Waals surface area contributed by atoms with Crippen LogP contribution in [0, 0.1) is 5.92 Å². The lowest BCUT2D eigenvalue weighted by molar-refractivity contribution is -0.129. The first-order chi connectivity index (χ1) is 13.1. The number of nitrogens with zero attached hydrogens (tertiary/aromatic N) is 1. The van der Waals surface area contributed by atoms with Gasteiger partial charge in [-0.2, -0.15) is 0 Å². The van der Waals surface area contributed by atoms with Crippen LogP contribution in [0.3, 0.4) is 0 Å². The summed E-state index contributed by atoms with van der Waals surface area (Å²) in [5.41, 5.74) is 2.05. The van der Waals surface area contributed by atoms with Crippen LogP contribution in [0.4, 0.5) is 0 Å². The molecule has 27 heavy (non-hydrogen) atoms. The van der Waals surface area contributed by atoms with E-state index in [2.05, 4.69) is 5.32 Å². The highest BCUT2D eigenvalue weighted by atomic mass is 35.5. The maximum absolute atomic E-state index is 12.4. The summed E-state index contributed by atoms with van der Waals surface area (Å²) in [6.45, 7) is 1.46. The Balaban J connectivity index is 1.49. The maximum Gasteiger partial charge on any atom is 0.225 e. The summed E-state index contributed by atoms with van der Waals surface area (Å²) in [6, 6.07) is 15.2. The molecule has 1 saturated heterocycles. The zero-order valence-corrected chi connectivity index (χ0v) is 16.0. The average Bonchev–Trinajstić information content (AvgIpc) is 3.04. The Morgan fingerprint density at radius 1 is 1.22 bits per heavy atom. The topological polar surface area (TPSA) is 58.6 Å². The van der Waals surface area contributed by atoms with Crippen molar-refractivity contribution in [2.75, 3.05) is 20.2 Å². The fourth-order valence-electron chi connectivity index (χ4n) is 3.29. The van der Waals surface area contributed by atoms with Crippen LogP contribution in [0.5, 0.6) is 5.75 Å². The maximum atomic E-state index is 12.4. The van der Waals surface area contributed by atoms with Gasteiger partial charge in [-0.15, -0.1) is 0 Å². The molecule has 0 saturated carbocycles. The van der Waals surface area contributed by atoms with Gasteiger partial charge in [0.1, 0.15) is 5.75 Å². The Labute approximate surface area is 164 Å². The van der Waals surface area contributed by atoms with Gasteiger partial charge in [0.2, 0.25) is 11.8 Å². The van der Waals surface area contributed by atoms with Crippen molar-refractivity contribution in [2.24, 2.45) is 5.92 Å². The van der Waals surface area contributed by atoms with E-state index in [0.29, 0.717) is 31.1 Å². The number of ether oxygens (including phenoxy) is 1. The van der Waals surface area contributed by atoms with E-state index >= 15 is 0 Å². The number of para-hydroxylation sites is 1. The average molecular weight is 387 g/mol. The quantitative estimate of drug-likeness (QED) is 0.795.